The first kappa shape index (κ1) is 10.6. The van der Waals surface area contributed by atoms with E-state index < -0.39 is 5.97 Å². The van der Waals surface area contributed by atoms with Crippen LogP contribution in [0, 0.1) is 0 Å². The summed E-state index contributed by atoms with van der Waals surface area (Å²) in [5.74, 6) is -0.544. The SMILES string of the molecule is CC(=O)N(c1ccc(C(=O)O)cn1)C1CC1. The van der Waals surface area contributed by atoms with E-state index in [9.17, 15) is 9.59 Å². The van der Waals surface area contributed by atoms with Gasteiger partial charge in [0.15, 0.2) is 0 Å². The summed E-state index contributed by atoms with van der Waals surface area (Å²) in [5.41, 5.74) is 0.128. The van der Waals surface area contributed by atoms with Gasteiger partial charge in [-0.05, 0) is 25.0 Å². The molecule has 1 heterocycles. The molecular weight excluding hydrogens is 208 g/mol. The van der Waals surface area contributed by atoms with E-state index >= 15 is 0 Å². The van der Waals surface area contributed by atoms with E-state index in [2.05, 4.69) is 4.98 Å². The molecule has 0 spiro atoms. The normalized spacial score (nSPS) is 14.6. The highest BCUT2D eigenvalue weighted by atomic mass is 16.4. The van der Waals surface area contributed by atoms with Crippen molar-refractivity contribution >= 4 is 17.7 Å². The highest BCUT2D eigenvalue weighted by Crippen LogP contribution is 2.30. The van der Waals surface area contributed by atoms with Crippen LogP contribution in [0.4, 0.5) is 5.82 Å². The Labute approximate surface area is 92.7 Å². The number of amides is 1. The number of anilines is 1. The Morgan fingerprint density at radius 2 is 2.12 bits per heavy atom. The highest BCUT2D eigenvalue weighted by Gasteiger charge is 2.32. The zero-order valence-electron chi connectivity index (χ0n) is 8.88. The fourth-order valence-electron chi connectivity index (χ4n) is 1.59. The number of rotatable bonds is 3. The number of carboxylic acids is 1. The summed E-state index contributed by atoms with van der Waals surface area (Å²) in [7, 11) is 0. The van der Waals surface area contributed by atoms with Crippen LogP contribution in [0.25, 0.3) is 0 Å². The fraction of sp³-hybridized carbons (Fsp3) is 0.364. The predicted octanol–water partition coefficient (Wildman–Crippen LogP) is 1.30. The molecular formula is C11H12N2O3. The zero-order chi connectivity index (χ0) is 11.7. The van der Waals surface area contributed by atoms with Crippen molar-refractivity contribution in [3.8, 4) is 0 Å². The Bertz CT molecular complexity index is 423. The molecule has 0 saturated heterocycles. The number of hydrogen-bond acceptors (Lipinski definition) is 3. The number of hydrogen-bond donors (Lipinski definition) is 1. The zero-order valence-corrected chi connectivity index (χ0v) is 8.88. The molecule has 1 saturated carbocycles. The van der Waals surface area contributed by atoms with Crippen molar-refractivity contribution in [3.05, 3.63) is 23.9 Å². The molecule has 16 heavy (non-hydrogen) atoms. The minimum absolute atomic E-state index is 0.0573. The molecule has 1 aromatic rings. The molecule has 1 aliphatic rings. The topological polar surface area (TPSA) is 70.5 Å². The minimum atomic E-state index is -1.01. The molecule has 1 aliphatic carbocycles. The minimum Gasteiger partial charge on any atom is -0.478 e. The van der Waals surface area contributed by atoms with E-state index in [0.717, 1.165) is 12.8 Å². The first-order chi connectivity index (χ1) is 7.59. The van der Waals surface area contributed by atoms with E-state index in [1.807, 2.05) is 0 Å². The molecule has 5 heteroatoms. The van der Waals surface area contributed by atoms with Gasteiger partial charge in [-0.25, -0.2) is 9.78 Å². The van der Waals surface area contributed by atoms with Crippen LogP contribution in [0.1, 0.15) is 30.1 Å². The van der Waals surface area contributed by atoms with Crippen molar-refractivity contribution in [2.24, 2.45) is 0 Å². The second-order valence-corrected chi connectivity index (χ2v) is 3.83. The number of pyridine rings is 1. The molecule has 0 unspecified atom stereocenters. The lowest BCUT2D eigenvalue weighted by Crippen LogP contribution is -2.31. The van der Waals surface area contributed by atoms with E-state index in [0.29, 0.717) is 5.82 Å². The van der Waals surface area contributed by atoms with Gasteiger partial charge in [-0.3, -0.25) is 9.69 Å². The summed E-state index contributed by atoms with van der Waals surface area (Å²) in [4.78, 5) is 27.7. The van der Waals surface area contributed by atoms with E-state index in [1.165, 1.54) is 19.2 Å². The van der Waals surface area contributed by atoms with Gasteiger partial charge in [0.2, 0.25) is 5.91 Å². The standard InChI is InChI=1S/C11H12N2O3/c1-7(14)13(9-3-4-9)10-5-2-8(6-12-10)11(15)16/h2,5-6,9H,3-4H2,1H3,(H,15,16). The highest BCUT2D eigenvalue weighted by molar-refractivity contribution is 5.92. The summed E-state index contributed by atoms with van der Waals surface area (Å²) >= 11 is 0. The number of aromatic carboxylic acids is 1. The smallest absolute Gasteiger partial charge is 0.337 e. The van der Waals surface area contributed by atoms with Gasteiger partial charge in [0.1, 0.15) is 5.82 Å². The van der Waals surface area contributed by atoms with Crippen LogP contribution in [0.5, 0.6) is 0 Å². The van der Waals surface area contributed by atoms with Gasteiger partial charge in [0, 0.05) is 19.2 Å². The number of carboxylic acid groups (broad SMARTS) is 1. The predicted molar refractivity (Wildman–Crippen MR) is 57.4 cm³/mol. The molecule has 1 fully saturated rings. The molecule has 1 aromatic heterocycles. The Kier molecular flexibility index (Phi) is 2.60. The molecule has 1 amide bonds. The maximum absolute atomic E-state index is 11.4. The largest absolute Gasteiger partial charge is 0.478 e. The van der Waals surface area contributed by atoms with E-state index in [4.69, 9.17) is 5.11 Å². The molecule has 0 aromatic carbocycles. The van der Waals surface area contributed by atoms with Crippen molar-refractivity contribution in [1.82, 2.24) is 4.98 Å². The van der Waals surface area contributed by atoms with Crippen LogP contribution in [0.15, 0.2) is 18.3 Å². The van der Waals surface area contributed by atoms with Gasteiger partial charge >= 0.3 is 5.97 Å². The molecule has 0 radical (unpaired) electrons. The van der Waals surface area contributed by atoms with Gasteiger partial charge in [-0.2, -0.15) is 0 Å². The van der Waals surface area contributed by atoms with Gasteiger partial charge in [0.25, 0.3) is 0 Å². The Balaban J connectivity index is 2.25. The van der Waals surface area contributed by atoms with Gasteiger partial charge in [-0.15, -0.1) is 0 Å². The third-order valence-electron chi connectivity index (χ3n) is 2.49. The monoisotopic (exact) mass is 220 g/mol. The van der Waals surface area contributed by atoms with Crippen molar-refractivity contribution < 1.29 is 14.7 Å². The molecule has 0 aliphatic heterocycles. The summed E-state index contributed by atoms with van der Waals surface area (Å²) in [6, 6.07) is 3.27. The van der Waals surface area contributed by atoms with Crippen molar-refractivity contribution in [3.63, 3.8) is 0 Å². The van der Waals surface area contributed by atoms with Crippen LogP contribution >= 0.6 is 0 Å². The quantitative estimate of drug-likeness (QED) is 0.833. The maximum atomic E-state index is 11.4. The second-order valence-electron chi connectivity index (χ2n) is 3.83. The van der Waals surface area contributed by atoms with E-state index in [-0.39, 0.29) is 17.5 Å². The fourth-order valence-corrected chi connectivity index (χ4v) is 1.59. The summed E-state index contributed by atoms with van der Waals surface area (Å²) in [6.45, 7) is 1.49. The molecule has 84 valence electrons. The second kappa shape index (κ2) is 3.92. The third kappa shape index (κ3) is 2.03. The van der Waals surface area contributed by atoms with Crippen LogP contribution < -0.4 is 4.90 Å². The Morgan fingerprint density at radius 3 is 2.50 bits per heavy atom. The van der Waals surface area contributed by atoms with Gasteiger partial charge < -0.3 is 5.11 Å². The first-order valence-corrected chi connectivity index (χ1v) is 5.08. The van der Waals surface area contributed by atoms with Gasteiger partial charge in [-0.1, -0.05) is 0 Å². The van der Waals surface area contributed by atoms with Crippen molar-refractivity contribution in [2.45, 2.75) is 25.8 Å². The summed E-state index contributed by atoms with van der Waals surface area (Å²) < 4.78 is 0. The summed E-state index contributed by atoms with van der Waals surface area (Å²) in [5, 5.41) is 8.72. The average Bonchev–Trinajstić information content (AvgIpc) is 3.02. The first-order valence-electron chi connectivity index (χ1n) is 5.08. The number of aromatic nitrogens is 1. The molecule has 0 atom stereocenters. The number of carbonyl (C=O) groups excluding carboxylic acids is 1. The van der Waals surface area contributed by atoms with Gasteiger partial charge in [0.05, 0.1) is 5.56 Å². The third-order valence-corrected chi connectivity index (χ3v) is 2.49. The average molecular weight is 220 g/mol. The van der Waals surface area contributed by atoms with E-state index in [1.54, 1.807) is 11.0 Å². The number of nitrogens with zero attached hydrogens (tertiary/aromatic N) is 2. The summed E-state index contributed by atoms with van der Waals surface area (Å²) in [6.07, 6.45) is 3.25. The molecule has 5 nitrogen and oxygen atoms in total. The van der Waals surface area contributed by atoms with Crippen molar-refractivity contribution in [2.75, 3.05) is 4.90 Å². The lowest BCUT2D eigenvalue weighted by molar-refractivity contribution is -0.116. The molecule has 0 bridgehead atoms. The van der Waals surface area contributed by atoms with Crippen LogP contribution in [0.2, 0.25) is 0 Å². The Morgan fingerprint density at radius 1 is 1.44 bits per heavy atom. The molecule has 2 rings (SSSR count). The van der Waals surface area contributed by atoms with Crippen LogP contribution in [0.3, 0.4) is 0 Å². The Hall–Kier alpha value is -1.91. The van der Waals surface area contributed by atoms with Crippen LogP contribution in [-0.4, -0.2) is 28.0 Å². The lowest BCUT2D eigenvalue weighted by Gasteiger charge is -2.19. The molecule has 1 N–H and O–H groups in total. The lowest BCUT2D eigenvalue weighted by atomic mass is 10.3. The van der Waals surface area contributed by atoms with Crippen molar-refractivity contribution in [1.29, 1.82) is 0 Å². The van der Waals surface area contributed by atoms with Crippen LogP contribution in [-0.2, 0) is 4.79 Å². The number of carbonyl (C=O) groups is 2. The maximum Gasteiger partial charge on any atom is 0.337 e.